The molecule has 0 saturated heterocycles. The predicted molar refractivity (Wildman–Crippen MR) is 107 cm³/mol. The first-order valence-corrected chi connectivity index (χ1v) is 10.5. The van der Waals surface area contributed by atoms with Crippen LogP contribution >= 0.6 is 45.3 Å². The zero-order valence-electron chi connectivity index (χ0n) is 13.1. The molecule has 0 aliphatic rings. The van der Waals surface area contributed by atoms with E-state index in [1.807, 2.05) is 34.8 Å². The second kappa shape index (κ2) is 6.72. The van der Waals surface area contributed by atoms with E-state index in [0.717, 1.165) is 10.1 Å². The molecule has 4 aromatic rings. The summed E-state index contributed by atoms with van der Waals surface area (Å²) in [5, 5.41) is 1.90. The summed E-state index contributed by atoms with van der Waals surface area (Å²) < 4.78 is 10.6. The van der Waals surface area contributed by atoms with Crippen molar-refractivity contribution < 1.29 is 9.47 Å². The van der Waals surface area contributed by atoms with Gasteiger partial charge in [0.15, 0.2) is 10.1 Å². The van der Waals surface area contributed by atoms with Crippen LogP contribution in [0.4, 0.5) is 0 Å². The third-order valence-corrected chi connectivity index (χ3v) is 8.36. The second-order valence-corrected chi connectivity index (χ2v) is 9.23. The quantitative estimate of drug-likeness (QED) is 0.367. The lowest BCUT2D eigenvalue weighted by atomic mass is 10.3. The highest BCUT2D eigenvalue weighted by Crippen LogP contribution is 2.44. The summed E-state index contributed by atoms with van der Waals surface area (Å²) in [6, 6.07) is 17.1. The monoisotopic (exact) mass is 390 g/mol. The number of thiophene rings is 4. The molecule has 4 heterocycles. The van der Waals surface area contributed by atoms with E-state index >= 15 is 0 Å². The molecule has 0 bridgehead atoms. The molecule has 0 aromatic carbocycles. The summed E-state index contributed by atoms with van der Waals surface area (Å²) in [4.78, 5) is 7.68. The van der Waals surface area contributed by atoms with E-state index in [1.165, 1.54) is 29.3 Å². The van der Waals surface area contributed by atoms with E-state index in [2.05, 4.69) is 36.4 Å². The van der Waals surface area contributed by atoms with Crippen molar-refractivity contribution >= 4 is 45.3 Å². The summed E-state index contributed by atoms with van der Waals surface area (Å²) >= 11 is 7.01. The fourth-order valence-electron chi connectivity index (χ4n) is 2.33. The van der Waals surface area contributed by atoms with Crippen LogP contribution in [-0.2, 0) is 0 Å². The molecule has 0 radical (unpaired) electrons. The molecule has 24 heavy (non-hydrogen) atoms. The minimum absolute atomic E-state index is 0.949. The van der Waals surface area contributed by atoms with Crippen LogP contribution < -0.4 is 9.47 Å². The van der Waals surface area contributed by atoms with Gasteiger partial charge in [0, 0.05) is 29.3 Å². The zero-order valence-corrected chi connectivity index (χ0v) is 16.3. The van der Waals surface area contributed by atoms with E-state index < -0.39 is 0 Å². The molecule has 122 valence electrons. The molecule has 0 aliphatic heterocycles. The van der Waals surface area contributed by atoms with Gasteiger partial charge in [-0.3, -0.25) is 0 Å². The zero-order chi connectivity index (χ0) is 16.5. The lowest BCUT2D eigenvalue weighted by Crippen LogP contribution is -1.73. The van der Waals surface area contributed by atoms with Crippen LogP contribution in [0.2, 0.25) is 0 Å². The van der Waals surface area contributed by atoms with Gasteiger partial charge in [-0.25, -0.2) is 0 Å². The molecule has 0 unspecified atom stereocenters. The summed E-state index contributed by atoms with van der Waals surface area (Å²) in [5.74, 6) is 0. The fraction of sp³-hybridized carbons (Fsp3) is 0.111. The molecule has 0 amide bonds. The van der Waals surface area contributed by atoms with Crippen LogP contribution in [0.3, 0.4) is 0 Å². The minimum Gasteiger partial charge on any atom is -0.487 e. The Hall–Kier alpha value is -1.60. The summed E-state index contributed by atoms with van der Waals surface area (Å²) in [5.41, 5.74) is 0. The molecule has 0 atom stereocenters. The van der Waals surface area contributed by atoms with Gasteiger partial charge in [0.2, 0.25) is 0 Å². The first kappa shape index (κ1) is 15.9. The first-order chi connectivity index (χ1) is 11.8. The Kier molecular flexibility index (Phi) is 4.45. The van der Waals surface area contributed by atoms with Gasteiger partial charge in [-0.15, -0.1) is 22.7 Å². The van der Waals surface area contributed by atoms with Gasteiger partial charge in [-0.1, -0.05) is 22.7 Å². The molecular formula is C18H14O2S4. The van der Waals surface area contributed by atoms with E-state index in [1.54, 1.807) is 36.9 Å². The van der Waals surface area contributed by atoms with Crippen molar-refractivity contribution in [3.8, 4) is 39.4 Å². The third-order valence-electron chi connectivity index (χ3n) is 3.51. The van der Waals surface area contributed by atoms with Crippen LogP contribution in [0.1, 0.15) is 0 Å². The molecule has 4 rings (SSSR count). The highest BCUT2D eigenvalue weighted by molar-refractivity contribution is 7.28. The Morgan fingerprint density at radius 3 is 1.04 bits per heavy atom. The average Bonchev–Trinajstić information content (AvgIpc) is 3.40. The Morgan fingerprint density at radius 2 is 0.750 bits per heavy atom. The first-order valence-electron chi connectivity index (χ1n) is 7.25. The number of hydrogen-bond donors (Lipinski definition) is 0. The molecule has 0 saturated carbocycles. The van der Waals surface area contributed by atoms with Crippen molar-refractivity contribution in [3.05, 3.63) is 48.5 Å². The van der Waals surface area contributed by atoms with Gasteiger partial charge < -0.3 is 9.47 Å². The predicted octanol–water partition coefficient (Wildman–Crippen LogP) is 6.95. The molecule has 0 spiro atoms. The number of rotatable bonds is 5. The van der Waals surface area contributed by atoms with Crippen LogP contribution in [-0.4, -0.2) is 14.2 Å². The van der Waals surface area contributed by atoms with Crippen LogP contribution in [0, 0.1) is 0 Å². The molecule has 2 nitrogen and oxygen atoms in total. The lowest BCUT2D eigenvalue weighted by molar-refractivity contribution is 0.427. The van der Waals surface area contributed by atoms with Crippen molar-refractivity contribution in [1.29, 1.82) is 0 Å². The van der Waals surface area contributed by atoms with Gasteiger partial charge in [0.25, 0.3) is 0 Å². The highest BCUT2D eigenvalue weighted by Gasteiger charge is 2.11. The van der Waals surface area contributed by atoms with E-state index in [-0.39, 0.29) is 0 Å². The topological polar surface area (TPSA) is 18.5 Å². The van der Waals surface area contributed by atoms with Crippen molar-refractivity contribution in [2.24, 2.45) is 0 Å². The summed E-state index contributed by atoms with van der Waals surface area (Å²) in [6.45, 7) is 0. The number of hydrogen-bond acceptors (Lipinski definition) is 6. The van der Waals surface area contributed by atoms with Gasteiger partial charge in [0.1, 0.15) is 0 Å². The standard InChI is InChI=1S/C18H14O2S4/c1-19-17-9-7-15(23-17)13-5-3-11(21-13)12-4-6-14(22-12)16-8-10-18(20-2)24-16/h3-10H,1-2H3. The second-order valence-electron chi connectivity index (χ2n) is 4.97. The van der Waals surface area contributed by atoms with Gasteiger partial charge in [-0.05, 0) is 48.5 Å². The summed E-state index contributed by atoms with van der Waals surface area (Å²) in [7, 11) is 3.42. The van der Waals surface area contributed by atoms with Gasteiger partial charge in [0.05, 0.1) is 14.2 Å². The lowest BCUT2D eigenvalue weighted by Gasteiger charge is -1.92. The van der Waals surface area contributed by atoms with Crippen LogP contribution in [0.15, 0.2) is 48.5 Å². The van der Waals surface area contributed by atoms with Crippen molar-refractivity contribution in [2.75, 3.05) is 14.2 Å². The highest BCUT2D eigenvalue weighted by atomic mass is 32.1. The van der Waals surface area contributed by atoms with Crippen molar-refractivity contribution in [2.45, 2.75) is 0 Å². The van der Waals surface area contributed by atoms with Crippen molar-refractivity contribution in [3.63, 3.8) is 0 Å². The van der Waals surface area contributed by atoms with Crippen molar-refractivity contribution in [1.82, 2.24) is 0 Å². The Labute approximate surface area is 156 Å². The molecule has 0 fully saturated rings. The molecule has 0 aliphatic carbocycles. The van der Waals surface area contributed by atoms with E-state index in [0.29, 0.717) is 0 Å². The minimum atomic E-state index is 0.949. The summed E-state index contributed by atoms with van der Waals surface area (Å²) in [6.07, 6.45) is 0. The molecule has 4 aromatic heterocycles. The van der Waals surface area contributed by atoms with Crippen LogP contribution in [0.5, 0.6) is 10.1 Å². The average molecular weight is 391 g/mol. The fourth-order valence-corrected chi connectivity index (χ4v) is 6.25. The largest absolute Gasteiger partial charge is 0.487 e. The van der Waals surface area contributed by atoms with Gasteiger partial charge >= 0.3 is 0 Å². The SMILES string of the molecule is COc1ccc(-c2ccc(-c3ccc(-c4ccc(OC)s4)s3)s2)s1. The van der Waals surface area contributed by atoms with Crippen LogP contribution in [0.25, 0.3) is 29.3 Å². The smallest absolute Gasteiger partial charge is 0.173 e. The maximum Gasteiger partial charge on any atom is 0.173 e. The Balaban J connectivity index is 1.60. The normalized spacial score (nSPS) is 10.9. The third kappa shape index (κ3) is 3.02. The molecule has 0 N–H and O–H groups in total. The number of ether oxygens (including phenoxy) is 2. The Morgan fingerprint density at radius 1 is 0.458 bits per heavy atom. The molecular weight excluding hydrogens is 376 g/mol. The Bertz CT molecular complexity index is 879. The van der Waals surface area contributed by atoms with E-state index in [9.17, 15) is 0 Å². The van der Waals surface area contributed by atoms with E-state index in [4.69, 9.17) is 9.47 Å². The molecule has 6 heteroatoms. The number of methoxy groups -OCH3 is 2. The maximum atomic E-state index is 5.29. The van der Waals surface area contributed by atoms with Gasteiger partial charge in [-0.2, -0.15) is 0 Å². The maximum absolute atomic E-state index is 5.29.